The van der Waals surface area contributed by atoms with Gasteiger partial charge in [-0.2, -0.15) is 5.10 Å². The van der Waals surface area contributed by atoms with E-state index in [9.17, 15) is 14.0 Å². The molecule has 2 amide bonds. The number of aromatic nitrogens is 3. The first-order chi connectivity index (χ1) is 25.0. The van der Waals surface area contributed by atoms with Crippen LogP contribution in [-0.2, 0) is 27.3 Å². The molecule has 0 fully saturated rings. The minimum Gasteiger partial charge on any atom is -0.490 e. The van der Waals surface area contributed by atoms with E-state index in [-0.39, 0.29) is 42.4 Å². The Balaban J connectivity index is 1.46. The fraction of sp³-hybridized carbons (Fsp3) is 0.333. The van der Waals surface area contributed by atoms with Crippen LogP contribution < -0.4 is 4.74 Å². The number of methoxy groups -OCH3 is 1. The Labute approximate surface area is 304 Å². The maximum absolute atomic E-state index is 16.2. The number of hydrogen-bond donors (Lipinski definition) is 0. The summed E-state index contributed by atoms with van der Waals surface area (Å²) in [6.07, 6.45) is 2.06. The number of amides is 2. The number of carbonyl (C=O) groups is 2. The smallest absolute Gasteiger partial charge is 0.246 e. The van der Waals surface area contributed by atoms with Crippen LogP contribution in [0.5, 0.6) is 5.75 Å². The summed E-state index contributed by atoms with van der Waals surface area (Å²) < 4.78 is 44.7. The van der Waals surface area contributed by atoms with Gasteiger partial charge in [0.05, 0.1) is 36.1 Å². The van der Waals surface area contributed by atoms with Gasteiger partial charge in [-0.1, -0.05) is 18.7 Å². The molecule has 0 spiro atoms. The summed E-state index contributed by atoms with van der Waals surface area (Å²) in [5.41, 5.74) is 5.68. The molecule has 2 unspecified atom stereocenters. The summed E-state index contributed by atoms with van der Waals surface area (Å²) in [5.74, 6) is -1.72. The SMILES string of the molecule is C=CC(=O)N1CCn2nc(-c3nc(-c4ccc5c(c4)CCN(C)C5C(=O)N(C)C)c4ccsc4c3-c3c(F)cc(F)cc3OCCOC)cc2C1C. The van der Waals surface area contributed by atoms with Crippen molar-refractivity contribution in [3.05, 3.63) is 89.0 Å². The number of hydrogen-bond acceptors (Lipinski definition) is 8. The first-order valence-corrected chi connectivity index (χ1v) is 18.0. The highest BCUT2D eigenvalue weighted by Crippen LogP contribution is 2.48. The number of halogens is 2. The van der Waals surface area contributed by atoms with E-state index < -0.39 is 17.7 Å². The average molecular weight is 727 g/mol. The number of thiophene rings is 1. The lowest BCUT2D eigenvalue weighted by molar-refractivity contribution is -0.134. The Morgan fingerprint density at radius 1 is 1.06 bits per heavy atom. The monoisotopic (exact) mass is 726 g/mol. The van der Waals surface area contributed by atoms with Gasteiger partial charge in [-0.25, -0.2) is 13.8 Å². The van der Waals surface area contributed by atoms with Crippen molar-refractivity contribution in [1.82, 2.24) is 29.5 Å². The molecular weight excluding hydrogens is 687 g/mol. The molecule has 0 N–H and O–H groups in total. The van der Waals surface area contributed by atoms with Gasteiger partial charge in [-0.15, -0.1) is 11.3 Å². The third-order valence-electron chi connectivity index (χ3n) is 9.94. The van der Waals surface area contributed by atoms with Crippen molar-refractivity contribution >= 4 is 33.2 Å². The van der Waals surface area contributed by atoms with E-state index in [1.165, 1.54) is 30.6 Å². The lowest BCUT2D eigenvalue weighted by Gasteiger charge is -2.35. The Bertz CT molecular complexity index is 2210. The van der Waals surface area contributed by atoms with Crippen LogP contribution >= 0.6 is 11.3 Å². The molecule has 10 nitrogen and oxygen atoms in total. The predicted octanol–water partition coefficient (Wildman–Crippen LogP) is 6.50. The topological polar surface area (TPSA) is 93.0 Å². The number of benzene rings is 2. The number of likely N-dealkylation sites (N-methyl/N-ethyl adjacent to an activating group) is 2. The van der Waals surface area contributed by atoms with Crippen LogP contribution in [0.3, 0.4) is 0 Å². The second-order valence-corrected chi connectivity index (χ2v) is 14.2. The second kappa shape index (κ2) is 14.2. The molecule has 0 saturated heterocycles. The molecule has 270 valence electrons. The van der Waals surface area contributed by atoms with E-state index in [1.54, 1.807) is 23.9 Å². The third kappa shape index (κ3) is 6.16. The number of carbonyl (C=O) groups excluding carboxylic acids is 2. The molecule has 0 radical (unpaired) electrons. The number of pyridine rings is 1. The van der Waals surface area contributed by atoms with Crippen LogP contribution in [-0.4, -0.2) is 95.8 Å². The Morgan fingerprint density at radius 3 is 2.62 bits per heavy atom. The molecule has 2 aliphatic rings. The summed E-state index contributed by atoms with van der Waals surface area (Å²) in [5, 5.41) is 7.68. The van der Waals surface area contributed by atoms with E-state index in [1.807, 2.05) is 48.3 Å². The van der Waals surface area contributed by atoms with Crippen LogP contribution in [0.2, 0.25) is 0 Å². The lowest BCUT2D eigenvalue weighted by atomic mass is 9.89. The van der Waals surface area contributed by atoms with E-state index in [0.29, 0.717) is 42.3 Å². The summed E-state index contributed by atoms with van der Waals surface area (Å²) >= 11 is 1.42. The third-order valence-corrected chi connectivity index (χ3v) is 10.9. The van der Waals surface area contributed by atoms with Crippen molar-refractivity contribution < 1.29 is 27.8 Å². The van der Waals surface area contributed by atoms with Crippen molar-refractivity contribution in [1.29, 1.82) is 0 Å². The molecular formula is C39H40F2N6O4S. The maximum Gasteiger partial charge on any atom is 0.246 e. The first-order valence-electron chi connectivity index (χ1n) is 17.1. The predicted molar refractivity (Wildman–Crippen MR) is 197 cm³/mol. The zero-order valence-electron chi connectivity index (χ0n) is 29.8. The van der Waals surface area contributed by atoms with Crippen molar-refractivity contribution in [2.75, 3.05) is 54.6 Å². The molecule has 13 heteroatoms. The molecule has 5 heterocycles. The highest BCUT2D eigenvalue weighted by molar-refractivity contribution is 7.18. The Kier molecular flexibility index (Phi) is 9.68. The number of ether oxygens (including phenoxy) is 2. The minimum absolute atomic E-state index is 0.0115. The Morgan fingerprint density at radius 2 is 1.87 bits per heavy atom. The number of rotatable bonds is 9. The van der Waals surface area contributed by atoms with Crippen molar-refractivity contribution in [3.63, 3.8) is 0 Å². The lowest BCUT2D eigenvalue weighted by Crippen LogP contribution is -2.42. The van der Waals surface area contributed by atoms with Gasteiger partial charge in [0.1, 0.15) is 41.4 Å². The van der Waals surface area contributed by atoms with E-state index in [2.05, 4.69) is 17.5 Å². The van der Waals surface area contributed by atoms with Crippen LogP contribution in [0.4, 0.5) is 8.78 Å². The highest BCUT2D eigenvalue weighted by Gasteiger charge is 2.34. The second-order valence-electron chi connectivity index (χ2n) is 13.3. The molecule has 2 aliphatic heterocycles. The average Bonchev–Trinajstić information content (AvgIpc) is 3.79. The van der Waals surface area contributed by atoms with Crippen molar-refractivity contribution in [3.8, 4) is 39.5 Å². The van der Waals surface area contributed by atoms with E-state index in [0.717, 1.165) is 45.0 Å². The molecule has 3 aromatic heterocycles. The van der Waals surface area contributed by atoms with Crippen LogP contribution in [0.15, 0.2) is 60.5 Å². The van der Waals surface area contributed by atoms with E-state index >= 15 is 4.39 Å². The minimum atomic E-state index is -0.799. The zero-order valence-corrected chi connectivity index (χ0v) is 30.6. The molecule has 0 bridgehead atoms. The quantitative estimate of drug-likeness (QED) is 0.127. The molecule has 7 rings (SSSR count). The molecule has 52 heavy (non-hydrogen) atoms. The Hall–Kier alpha value is -4.98. The maximum atomic E-state index is 16.2. The normalized spacial score (nSPS) is 17.2. The molecule has 0 aliphatic carbocycles. The molecule has 5 aromatic rings. The van der Waals surface area contributed by atoms with Gasteiger partial charge in [0, 0.05) is 67.6 Å². The summed E-state index contributed by atoms with van der Waals surface area (Å²) in [6, 6.07) is 11.2. The van der Waals surface area contributed by atoms with Crippen molar-refractivity contribution in [2.24, 2.45) is 0 Å². The van der Waals surface area contributed by atoms with Crippen LogP contribution in [0.25, 0.3) is 43.9 Å². The fourth-order valence-electron chi connectivity index (χ4n) is 7.31. The summed E-state index contributed by atoms with van der Waals surface area (Å²) in [7, 11) is 7.02. The van der Waals surface area contributed by atoms with Gasteiger partial charge in [0.2, 0.25) is 11.8 Å². The zero-order chi connectivity index (χ0) is 36.8. The van der Waals surface area contributed by atoms with Crippen LogP contribution in [0.1, 0.15) is 35.8 Å². The van der Waals surface area contributed by atoms with E-state index in [4.69, 9.17) is 19.6 Å². The van der Waals surface area contributed by atoms with Crippen molar-refractivity contribution in [2.45, 2.75) is 32.0 Å². The van der Waals surface area contributed by atoms with Gasteiger partial charge in [-0.3, -0.25) is 19.2 Å². The number of fused-ring (bicyclic) bond motifs is 3. The van der Waals surface area contributed by atoms with Gasteiger partial charge in [0.25, 0.3) is 0 Å². The molecule has 2 aromatic carbocycles. The standard InChI is InChI=1S/C39H40F2N6O4S/c1-7-32(48)46-13-14-47-30(22(46)2)21-29(43-47)36-34(33-28(41)19-25(40)20-31(33)51-16-15-50-6)38-27(11-17-52-38)35(42-36)24-8-9-26-23(18-24)10-12-45(5)37(26)39(49)44(3)4/h7-9,11,17-22,37H,1,10,12-16H2,2-6H3. The van der Waals surface area contributed by atoms with Gasteiger partial charge in [-0.05, 0) is 61.2 Å². The summed E-state index contributed by atoms with van der Waals surface area (Å²) in [6.45, 7) is 7.50. The van der Waals surface area contributed by atoms with Gasteiger partial charge in [0.15, 0.2) is 0 Å². The molecule has 2 atom stereocenters. The summed E-state index contributed by atoms with van der Waals surface area (Å²) in [4.78, 5) is 36.6. The molecule has 0 saturated carbocycles. The number of nitrogens with zero attached hydrogens (tertiary/aromatic N) is 6. The van der Waals surface area contributed by atoms with Gasteiger partial charge >= 0.3 is 0 Å². The first kappa shape index (κ1) is 35.4. The van der Waals surface area contributed by atoms with Crippen LogP contribution in [0, 0.1) is 11.6 Å². The van der Waals surface area contributed by atoms with Gasteiger partial charge < -0.3 is 19.3 Å². The fourth-order valence-corrected chi connectivity index (χ4v) is 8.25. The largest absolute Gasteiger partial charge is 0.490 e. The highest BCUT2D eigenvalue weighted by atomic mass is 32.1.